The van der Waals surface area contributed by atoms with Crippen LogP contribution in [0.4, 0.5) is 0 Å². The summed E-state index contributed by atoms with van der Waals surface area (Å²) in [5.41, 5.74) is 1.29. The lowest BCUT2D eigenvalue weighted by molar-refractivity contribution is -0.121. The summed E-state index contributed by atoms with van der Waals surface area (Å²) in [4.78, 5) is 26.1. The van der Waals surface area contributed by atoms with E-state index in [0.717, 1.165) is 10.0 Å². The second-order valence-electron chi connectivity index (χ2n) is 5.21. The monoisotopic (exact) mass is 433 g/mol. The van der Waals surface area contributed by atoms with Gasteiger partial charge in [-0.05, 0) is 42.0 Å². The summed E-state index contributed by atoms with van der Waals surface area (Å²) < 4.78 is 6.70. The fourth-order valence-electron chi connectivity index (χ4n) is 2.11. The van der Waals surface area contributed by atoms with Crippen LogP contribution in [0, 0.1) is 0 Å². The Labute approximate surface area is 163 Å². The highest BCUT2D eigenvalue weighted by Crippen LogP contribution is 2.31. The Morgan fingerprint density at radius 2 is 1.96 bits per heavy atom. The minimum absolute atomic E-state index is 0.111. The number of hydrogen-bond donors (Lipinski definition) is 0. The van der Waals surface area contributed by atoms with Crippen molar-refractivity contribution in [3.8, 4) is 5.75 Å². The Morgan fingerprint density at radius 3 is 2.56 bits per heavy atom. The molecule has 0 radical (unpaired) electrons. The van der Waals surface area contributed by atoms with Gasteiger partial charge in [0.25, 0.3) is 5.91 Å². The van der Waals surface area contributed by atoms with Crippen molar-refractivity contribution >= 4 is 62.2 Å². The van der Waals surface area contributed by atoms with E-state index >= 15 is 0 Å². The predicted molar refractivity (Wildman–Crippen MR) is 106 cm³/mol. The standard InChI is InChI=1S/C18H12BrNO3S2/c1-20-16(21)15(25-18(20)24)9-11-5-7-14(8-6-11)23-17(22)12-3-2-4-13(19)10-12/h2-10H,1H3/b15-9+. The number of likely N-dealkylation sites (N-methyl/N-ethyl adjacent to an activating group) is 1. The summed E-state index contributed by atoms with van der Waals surface area (Å²) in [5, 5.41) is 0. The highest BCUT2D eigenvalue weighted by molar-refractivity contribution is 9.10. The van der Waals surface area contributed by atoms with Crippen LogP contribution in [0.1, 0.15) is 15.9 Å². The van der Waals surface area contributed by atoms with Crippen LogP contribution < -0.4 is 4.74 Å². The van der Waals surface area contributed by atoms with Crippen molar-refractivity contribution < 1.29 is 14.3 Å². The van der Waals surface area contributed by atoms with Gasteiger partial charge < -0.3 is 4.74 Å². The normalized spacial score (nSPS) is 15.8. The molecule has 0 bridgehead atoms. The van der Waals surface area contributed by atoms with Crippen LogP contribution in [0.15, 0.2) is 57.9 Å². The molecule has 126 valence electrons. The first-order valence-corrected chi connectivity index (χ1v) is 9.25. The summed E-state index contributed by atoms with van der Waals surface area (Å²) in [5.74, 6) is -0.105. The molecule has 3 rings (SSSR count). The first-order chi connectivity index (χ1) is 11.9. The largest absolute Gasteiger partial charge is 0.423 e. The fourth-order valence-corrected chi connectivity index (χ4v) is 3.69. The van der Waals surface area contributed by atoms with Crippen molar-refractivity contribution in [1.29, 1.82) is 0 Å². The SMILES string of the molecule is CN1C(=O)/C(=C\c2ccc(OC(=O)c3cccc(Br)c3)cc2)SC1=S. The number of amides is 1. The van der Waals surface area contributed by atoms with Gasteiger partial charge in [0.05, 0.1) is 10.5 Å². The molecule has 0 aromatic heterocycles. The van der Waals surface area contributed by atoms with Gasteiger partial charge in [-0.15, -0.1) is 0 Å². The number of hydrogen-bond acceptors (Lipinski definition) is 5. The van der Waals surface area contributed by atoms with E-state index in [1.165, 1.54) is 16.7 Å². The minimum Gasteiger partial charge on any atom is -0.423 e. The van der Waals surface area contributed by atoms with E-state index in [2.05, 4.69) is 15.9 Å². The maximum atomic E-state index is 12.1. The van der Waals surface area contributed by atoms with Crippen molar-refractivity contribution in [2.45, 2.75) is 0 Å². The van der Waals surface area contributed by atoms with Crippen LogP contribution in [-0.4, -0.2) is 28.1 Å². The number of nitrogens with zero attached hydrogens (tertiary/aromatic N) is 1. The quantitative estimate of drug-likeness (QED) is 0.308. The third-order valence-corrected chi connectivity index (χ3v) is 5.41. The van der Waals surface area contributed by atoms with Gasteiger partial charge in [0.15, 0.2) is 0 Å². The number of thiocarbonyl (C=S) groups is 1. The molecule has 1 fully saturated rings. The molecule has 0 unspecified atom stereocenters. The third kappa shape index (κ3) is 4.18. The molecule has 1 aliphatic rings. The second kappa shape index (κ2) is 7.51. The van der Waals surface area contributed by atoms with Crippen LogP contribution in [0.3, 0.4) is 0 Å². The predicted octanol–water partition coefficient (Wildman–Crippen LogP) is 4.50. The molecule has 0 atom stereocenters. The third-order valence-electron chi connectivity index (χ3n) is 3.44. The molecule has 0 N–H and O–H groups in total. The summed E-state index contributed by atoms with van der Waals surface area (Å²) >= 11 is 9.70. The Kier molecular flexibility index (Phi) is 5.36. The van der Waals surface area contributed by atoms with E-state index in [4.69, 9.17) is 17.0 Å². The van der Waals surface area contributed by atoms with Crippen LogP contribution in [0.25, 0.3) is 6.08 Å². The molecule has 2 aromatic rings. The number of halogens is 1. The molecule has 25 heavy (non-hydrogen) atoms. The summed E-state index contributed by atoms with van der Waals surface area (Å²) in [7, 11) is 1.66. The molecule has 0 spiro atoms. The summed E-state index contributed by atoms with van der Waals surface area (Å²) in [6, 6.07) is 13.9. The number of carbonyl (C=O) groups excluding carboxylic acids is 2. The van der Waals surface area contributed by atoms with Crippen LogP contribution in [0.2, 0.25) is 0 Å². The van der Waals surface area contributed by atoms with E-state index in [-0.39, 0.29) is 5.91 Å². The number of rotatable bonds is 3. The molecule has 4 nitrogen and oxygen atoms in total. The topological polar surface area (TPSA) is 46.6 Å². The molecule has 1 heterocycles. The zero-order valence-electron chi connectivity index (χ0n) is 13.1. The number of carbonyl (C=O) groups is 2. The van der Waals surface area contributed by atoms with Gasteiger partial charge in [-0.25, -0.2) is 4.79 Å². The zero-order valence-corrected chi connectivity index (χ0v) is 16.3. The molecule has 1 amide bonds. The van der Waals surface area contributed by atoms with E-state index in [0.29, 0.717) is 20.5 Å². The zero-order chi connectivity index (χ0) is 18.0. The first kappa shape index (κ1) is 17.8. The van der Waals surface area contributed by atoms with E-state index in [1.807, 2.05) is 6.07 Å². The lowest BCUT2D eigenvalue weighted by atomic mass is 10.2. The van der Waals surface area contributed by atoms with Gasteiger partial charge in [-0.3, -0.25) is 9.69 Å². The number of benzene rings is 2. The maximum Gasteiger partial charge on any atom is 0.343 e. The highest BCUT2D eigenvalue weighted by Gasteiger charge is 2.28. The van der Waals surface area contributed by atoms with Gasteiger partial charge in [-0.2, -0.15) is 0 Å². The summed E-state index contributed by atoms with van der Waals surface area (Å²) in [6.07, 6.45) is 1.77. The van der Waals surface area contributed by atoms with Crippen molar-refractivity contribution in [3.05, 3.63) is 69.0 Å². The van der Waals surface area contributed by atoms with Crippen molar-refractivity contribution in [2.75, 3.05) is 7.05 Å². The minimum atomic E-state index is -0.430. The Morgan fingerprint density at radius 1 is 1.24 bits per heavy atom. The smallest absolute Gasteiger partial charge is 0.343 e. The maximum absolute atomic E-state index is 12.1. The average molecular weight is 434 g/mol. The van der Waals surface area contributed by atoms with Gasteiger partial charge in [0.1, 0.15) is 10.1 Å². The summed E-state index contributed by atoms with van der Waals surface area (Å²) in [6.45, 7) is 0. The molecule has 1 aliphatic heterocycles. The Hall–Kier alpha value is -1.96. The highest BCUT2D eigenvalue weighted by atomic mass is 79.9. The Balaban J connectivity index is 1.72. The second-order valence-corrected chi connectivity index (χ2v) is 7.80. The van der Waals surface area contributed by atoms with Gasteiger partial charge in [-0.1, -0.05) is 58.1 Å². The van der Waals surface area contributed by atoms with Crippen molar-refractivity contribution in [1.82, 2.24) is 4.90 Å². The fraction of sp³-hybridized carbons (Fsp3) is 0.0556. The lowest BCUT2D eigenvalue weighted by Crippen LogP contribution is -2.22. The number of ether oxygens (including phenoxy) is 1. The number of esters is 1. The van der Waals surface area contributed by atoms with Crippen LogP contribution in [-0.2, 0) is 4.79 Å². The lowest BCUT2D eigenvalue weighted by Gasteiger charge is -2.05. The van der Waals surface area contributed by atoms with Crippen LogP contribution in [0.5, 0.6) is 5.75 Å². The van der Waals surface area contributed by atoms with Crippen molar-refractivity contribution in [2.24, 2.45) is 0 Å². The van der Waals surface area contributed by atoms with Crippen molar-refractivity contribution in [3.63, 3.8) is 0 Å². The molecule has 0 saturated carbocycles. The molecule has 0 aliphatic carbocycles. The Bertz CT molecular complexity index is 893. The van der Waals surface area contributed by atoms with Gasteiger partial charge >= 0.3 is 5.97 Å². The van der Waals surface area contributed by atoms with Gasteiger partial charge in [0, 0.05) is 11.5 Å². The molecule has 1 saturated heterocycles. The van der Waals surface area contributed by atoms with E-state index in [1.54, 1.807) is 55.6 Å². The molecular weight excluding hydrogens is 422 g/mol. The molecule has 2 aromatic carbocycles. The van der Waals surface area contributed by atoms with Gasteiger partial charge in [0.2, 0.25) is 0 Å². The van der Waals surface area contributed by atoms with E-state index in [9.17, 15) is 9.59 Å². The van der Waals surface area contributed by atoms with E-state index < -0.39 is 5.97 Å². The first-order valence-electron chi connectivity index (χ1n) is 7.23. The average Bonchev–Trinajstić information content (AvgIpc) is 2.83. The number of thioether (sulfide) groups is 1. The molecule has 7 heteroatoms. The van der Waals surface area contributed by atoms with Crippen LogP contribution >= 0.6 is 39.9 Å². The molecular formula is C18H12BrNO3S2.